The predicted octanol–water partition coefficient (Wildman–Crippen LogP) is -0.431. The van der Waals surface area contributed by atoms with Gasteiger partial charge in [-0.1, -0.05) is 0 Å². The maximum Gasteiger partial charge on any atom is 0.326 e. The number of aromatic nitrogens is 6. The van der Waals surface area contributed by atoms with Gasteiger partial charge in [-0.05, 0) is 25.8 Å². The number of aryl methyl sites for hydroxylation is 1. The lowest BCUT2D eigenvalue weighted by Crippen LogP contribution is -2.35. The van der Waals surface area contributed by atoms with Gasteiger partial charge in [0.25, 0.3) is 5.56 Å². The van der Waals surface area contributed by atoms with E-state index in [0.29, 0.717) is 5.52 Å². The van der Waals surface area contributed by atoms with Crippen LogP contribution in [-0.4, -0.2) is 35.2 Å². The molecule has 3 aromatic rings. The van der Waals surface area contributed by atoms with E-state index < -0.39 is 11.2 Å². The maximum atomic E-state index is 12.4. The van der Waals surface area contributed by atoms with Crippen molar-refractivity contribution in [3.63, 3.8) is 0 Å². The van der Waals surface area contributed by atoms with Crippen molar-refractivity contribution in [3.05, 3.63) is 44.8 Å². The van der Waals surface area contributed by atoms with E-state index in [4.69, 9.17) is 0 Å². The number of H-pyrrole nitrogens is 2. The van der Waals surface area contributed by atoms with Crippen molar-refractivity contribution in [2.75, 3.05) is 0 Å². The molecule has 0 bridgehead atoms. The van der Waals surface area contributed by atoms with Crippen LogP contribution in [0.15, 0.2) is 21.9 Å². The molecule has 1 amide bonds. The number of rotatable bonds is 3. The Balaban J connectivity index is 1.56. The molecule has 0 aromatic carbocycles. The molecule has 1 aliphatic rings. The summed E-state index contributed by atoms with van der Waals surface area (Å²) >= 11 is 0. The summed E-state index contributed by atoms with van der Waals surface area (Å²) in [5, 5.41) is 11.2. The number of fused-ring (bicyclic) bond motifs is 2. The molecule has 3 aromatic heterocycles. The van der Waals surface area contributed by atoms with Crippen LogP contribution < -0.4 is 16.6 Å². The van der Waals surface area contributed by atoms with Gasteiger partial charge in [-0.25, -0.2) is 4.79 Å². The molecule has 0 saturated heterocycles. The van der Waals surface area contributed by atoms with E-state index in [9.17, 15) is 14.4 Å². The summed E-state index contributed by atoms with van der Waals surface area (Å²) < 4.78 is 3.52. The number of nitrogens with zero attached hydrogens (tertiary/aromatic N) is 4. The molecule has 1 aliphatic heterocycles. The third-order valence-electron chi connectivity index (χ3n) is 4.45. The highest BCUT2D eigenvalue weighted by molar-refractivity contribution is 5.80. The Hall–Kier alpha value is -3.17. The first-order valence-corrected chi connectivity index (χ1v) is 8.03. The molecule has 10 heteroatoms. The highest BCUT2D eigenvalue weighted by Crippen LogP contribution is 2.24. The Kier molecular flexibility index (Phi) is 3.52. The quantitative estimate of drug-likeness (QED) is 0.594. The summed E-state index contributed by atoms with van der Waals surface area (Å²) in [6.45, 7) is 2.72. The van der Waals surface area contributed by atoms with E-state index in [0.717, 1.165) is 31.0 Å². The number of carbonyl (C=O) groups excluding carboxylic acids is 1. The second kappa shape index (κ2) is 5.72. The third-order valence-corrected chi connectivity index (χ3v) is 4.45. The van der Waals surface area contributed by atoms with Gasteiger partial charge in [-0.2, -0.15) is 0 Å². The lowest BCUT2D eigenvalue weighted by atomic mass is 10.1. The standard InChI is InChI=1S/C15H17N7O3/c1-8-19-20-13-10(3-2-5-22(8)13)16-11(23)7-21-6-4-9-12(21)14(24)18-15(25)17-9/h4,6,10H,2-3,5,7H2,1H3,(H,16,23)(H2,17,18,24,25). The zero-order chi connectivity index (χ0) is 17.6. The van der Waals surface area contributed by atoms with Crippen LogP contribution in [0.3, 0.4) is 0 Å². The Morgan fingerprint density at radius 2 is 2.20 bits per heavy atom. The zero-order valence-corrected chi connectivity index (χ0v) is 13.6. The number of hydrogen-bond acceptors (Lipinski definition) is 5. The summed E-state index contributed by atoms with van der Waals surface area (Å²) in [5.74, 6) is 1.36. The summed E-state index contributed by atoms with van der Waals surface area (Å²) in [4.78, 5) is 40.4. The topological polar surface area (TPSA) is 130 Å². The molecule has 25 heavy (non-hydrogen) atoms. The number of aromatic amines is 2. The van der Waals surface area contributed by atoms with Gasteiger partial charge in [0.2, 0.25) is 5.91 Å². The lowest BCUT2D eigenvalue weighted by molar-refractivity contribution is -0.122. The SMILES string of the molecule is Cc1nnc2n1CCCC2NC(=O)Cn1ccc2[nH]c(=O)[nH]c(=O)c21. The Labute approximate surface area is 140 Å². The van der Waals surface area contributed by atoms with E-state index in [1.54, 1.807) is 12.3 Å². The molecule has 3 N–H and O–H groups in total. The molecule has 1 atom stereocenters. The molecular formula is C15H17N7O3. The molecule has 0 spiro atoms. The van der Waals surface area contributed by atoms with Crippen molar-refractivity contribution in [2.24, 2.45) is 0 Å². The molecule has 0 radical (unpaired) electrons. The second-order valence-electron chi connectivity index (χ2n) is 6.13. The molecule has 4 rings (SSSR count). The van der Waals surface area contributed by atoms with E-state index >= 15 is 0 Å². The van der Waals surface area contributed by atoms with Crippen LogP contribution in [0.25, 0.3) is 11.0 Å². The summed E-state index contributed by atoms with van der Waals surface area (Å²) in [5.41, 5.74) is -0.437. The van der Waals surface area contributed by atoms with Crippen molar-refractivity contribution in [1.29, 1.82) is 0 Å². The molecule has 1 unspecified atom stereocenters. The fourth-order valence-electron chi connectivity index (χ4n) is 3.32. The van der Waals surface area contributed by atoms with Gasteiger partial charge in [0.15, 0.2) is 5.82 Å². The van der Waals surface area contributed by atoms with Crippen LogP contribution in [0.5, 0.6) is 0 Å². The van der Waals surface area contributed by atoms with Gasteiger partial charge in [0.1, 0.15) is 17.9 Å². The predicted molar refractivity (Wildman–Crippen MR) is 88.1 cm³/mol. The minimum absolute atomic E-state index is 0.0256. The Morgan fingerprint density at radius 1 is 1.36 bits per heavy atom. The minimum Gasteiger partial charge on any atom is -0.345 e. The smallest absolute Gasteiger partial charge is 0.326 e. The van der Waals surface area contributed by atoms with Crippen LogP contribution >= 0.6 is 0 Å². The summed E-state index contributed by atoms with van der Waals surface area (Å²) in [6, 6.07) is 1.40. The third kappa shape index (κ3) is 2.65. The van der Waals surface area contributed by atoms with Crippen molar-refractivity contribution < 1.29 is 4.79 Å². The van der Waals surface area contributed by atoms with Crippen molar-refractivity contribution in [3.8, 4) is 0 Å². The first-order valence-electron chi connectivity index (χ1n) is 8.03. The second-order valence-corrected chi connectivity index (χ2v) is 6.13. The molecular weight excluding hydrogens is 326 g/mol. The molecule has 0 saturated carbocycles. The molecule has 4 heterocycles. The van der Waals surface area contributed by atoms with E-state index in [1.807, 2.05) is 11.5 Å². The van der Waals surface area contributed by atoms with Gasteiger partial charge >= 0.3 is 5.69 Å². The van der Waals surface area contributed by atoms with Crippen LogP contribution in [0, 0.1) is 6.92 Å². The monoisotopic (exact) mass is 343 g/mol. The maximum absolute atomic E-state index is 12.4. The molecule has 130 valence electrons. The number of carbonyl (C=O) groups is 1. The number of nitrogens with one attached hydrogen (secondary N) is 3. The van der Waals surface area contributed by atoms with Gasteiger partial charge in [-0.15, -0.1) is 10.2 Å². The van der Waals surface area contributed by atoms with Crippen LogP contribution in [0.4, 0.5) is 0 Å². The fourth-order valence-corrected chi connectivity index (χ4v) is 3.32. The Morgan fingerprint density at radius 3 is 3.04 bits per heavy atom. The first kappa shape index (κ1) is 15.4. The summed E-state index contributed by atoms with van der Waals surface area (Å²) in [7, 11) is 0. The van der Waals surface area contributed by atoms with E-state index in [1.165, 1.54) is 4.57 Å². The van der Waals surface area contributed by atoms with Crippen LogP contribution in [0.2, 0.25) is 0 Å². The minimum atomic E-state index is -0.573. The first-order chi connectivity index (χ1) is 12.0. The fraction of sp³-hybridized carbons (Fsp3) is 0.400. The van der Waals surface area contributed by atoms with Gasteiger partial charge < -0.3 is 19.4 Å². The molecule has 10 nitrogen and oxygen atoms in total. The normalized spacial score (nSPS) is 16.8. The van der Waals surface area contributed by atoms with Gasteiger partial charge in [-0.3, -0.25) is 14.6 Å². The van der Waals surface area contributed by atoms with Crippen molar-refractivity contribution in [1.82, 2.24) is 34.6 Å². The number of amides is 1. The van der Waals surface area contributed by atoms with Crippen LogP contribution in [0.1, 0.15) is 30.5 Å². The van der Waals surface area contributed by atoms with Gasteiger partial charge in [0, 0.05) is 12.7 Å². The average molecular weight is 343 g/mol. The van der Waals surface area contributed by atoms with Crippen molar-refractivity contribution >= 4 is 16.9 Å². The summed E-state index contributed by atoms with van der Waals surface area (Å²) in [6.07, 6.45) is 3.33. The molecule has 0 aliphatic carbocycles. The highest BCUT2D eigenvalue weighted by atomic mass is 16.2. The van der Waals surface area contributed by atoms with E-state index in [-0.39, 0.29) is 24.0 Å². The zero-order valence-electron chi connectivity index (χ0n) is 13.6. The van der Waals surface area contributed by atoms with E-state index in [2.05, 4.69) is 25.5 Å². The van der Waals surface area contributed by atoms with Crippen LogP contribution in [-0.2, 0) is 17.9 Å². The highest BCUT2D eigenvalue weighted by Gasteiger charge is 2.25. The van der Waals surface area contributed by atoms with Gasteiger partial charge in [0.05, 0.1) is 11.6 Å². The average Bonchev–Trinajstić information content (AvgIpc) is 3.12. The molecule has 0 fully saturated rings. The number of hydrogen-bond donors (Lipinski definition) is 3. The largest absolute Gasteiger partial charge is 0.345 e. The lowest BCUT2D eigenvalue weighted by Gasteiger charge is -2.24. The Bertz CT molecular complexity index is 1070. The van der Waals surface area contributed by atoms with Crippen molar-refractivity contribution in [2.45, 2.75) is 38.9 Å².